The van der Waals surface area contributed by atoms with E-state index < -0.39 is 23.4 Å². The normalized spacial score (nSPS) is 17.7. The van der Waals surface area contributed by atoms with Crippen LogP contribution in [0.4, 0.5) is 13.2 Å². The van der Waals surface area contributed by atoms with Crippen LogP contribution in [0.3, 0.4) is 0 Å². The van der Waals surface area contributed by atoms with Crippen LogP contribution in [0.15, 0.2) is 66.7 Å². The zero-order valence-electron chi connectivity index (χ0n) is 24.4. The first kappa shape index (κ1) is 29.5. The van der Waals surface area contributed by atoms with Crippen LogP contribution < -0.4 is 4.74 Å². The SMILES string of the molecule is N#Cc1ccc(COc2cccc(-c3cc(F)c(Cc4nc5ccc(C(=O)O)cc5n4[C@H]4COC[C@H]4C4CC4)cc3F)n2)c(F)c1. The number of carboxylic acids is 1. The van der Waals surface area contributed by atoms with E-state index in [2.05, 4.69) is 4.98 Å². The van der Waals surface area contributed by atoms with Crippen LogP contribution in [-0.2, 0) is 17.8 Å². The van der Waals surface area contributed by atoms with Gasteiger partial charge in [-0.05, 0) is 72.9 Å². The van der Waals surface area contributed by atoms with E-state index in [0.29, 0.717) is 36.0 Å². The molecule has 0 unspecified atom stereocenters. The number of carbonyl (C=O) groups is 1. The van der Waals surface area contributed by atoms with E-state index in [1.54, 1.807) is 18.2 Å². The lowest BCUT2D eigenvalue weighted by atomic mass is 9.97. The summed E-state index contributed by atoms with van der Waals surface area (Å²) in [7, 11) is 0. The number of nitrogens with zero attached hydrogens (tertiary/aromatic N) is 4. The zero-order valence-corrected chi connectivity index (χ0v) is 24.4. The smallest absolute Gasteiger partial charge is 0.335 e. The highest BCUT2D eigenvalue weighted by Crippen LogP contribution is 2.46. The maximum Gasteiger partial charge on any atom is 0.335 e. The molecule has 3 aromatic carbocycles. The Morgan fingerprint density at radius 1 is 0.978 bits per heavy atom. The van der Waals surface area contributed by atoms with Crippen LogP contribution in [0.5, 0.6) is 5.88 Å². The van der Waals surface area contributed by atoms with Crippen LogP contribution in [0, 0.1) is 40.6 Å². The highest BCUT2D eigenvalue weighted by atomic mass is 19.1. The quantitative estimate of drug-likeness (QED) is 0.191. The summed E-state index contributed by atoms with van der Waals surface area (Å²) in [6.45, 7) is 0.837. The summed E-state index contributed by atoms with van der Waals surface area (Å²) in [5.41, 5.74) is 1.84. The third kappa shape index (κ3) is 5.68. The molecule has 11 heteroatoms. The molecule has 1 saturated carbocycles. The van der Waals surface area contributed by atoms with Gasteiger partial charge in [-0.25, -0.2) is 27.9 Å². The van der Waals surface area contributed by atoms with Gasteiger partial charge in [0.1, 0.15) is 29.9 Å². The number of aromatic carboxylic acids is 1. The van der Waals surface area contributed by atoms with Crippen LogP contribution in [0.2, 0.25) is 0 Å². The highest BCUT2D eigenvalue weighted by Gasteiger charge is 2.42. The number of hydrogen-bond donors (Lipinski definition) is 1. The monoisotopic (exact) mass is 624 g/mol. The lowest BCUT2D eigenvalue weighted by Gasteiger charge is -2.22. The van der Waals surface area contributed by atoms with Gasteiger partial charge in [-0.3, -0.25) is 0 Å². The first-order valence-electron chi connectivity index (χ1n) is 14.9. The number of fused-ring (bicyclic) bond motifs is 1. The molecule has 5 aromatic rings. The third-order valence-electron chi connectivity index (χ3n) is 8.70. The molecule has 1 N–H and O–H groups in total. The molecule has 0 radical (unpaired) electrons. The molecule has 2 fully saturated rings. The van der Waals surface area contributed by atoms with Crippen molar-refractivity contribution in [2.45, 2.75) is 31.9 Å². The van der Waals surface area contributed by atoms with Crippen molar-refractivity contribution in [1.29, 1.82) is 5.26 Å². The van der Waals surface area contributed by atoms with E-state index in [1.165, 1.54) is 30.3 Å². The molecule has 1 saturated heterocycles. The van der Waals surface area contributed by atoms with E-state index in [-0.39, 0.29) is 64.4 Å². The van der Waals surface area contributed by atoms with Gasteiger partial charge in [0.2, 0.25) is 5.88 Å². The molecule has 0 bridgehead atoms. The summed E-state index contributed by atoms with van der Waals surface area (Å²) >= 11 is 0. The Hall–Kier alpha value is -5.21. The predicted octanol–water partition coefficient (Wildman–Crippen LogP) is 6.85. The largest absolute Gasteiger partial charge is 0.478 e. The molecule has 0 amide bonds. The van der Waals surface area contributed by atoms with E-state index in [9.17, 15) is 14.3 Å². The molecule has 3 heterocycles. The van der Waals surface area contributed by atoms with Gasteiger partial charge in [-0.1, -0.05) is 12.1 Å². The Balaban J connectivity index is 1.18. The minimum absolute atomic E-state index is 0.0270. The van der Waals surface area contributed by atoms with Crippen molar-refractivity contribution in [3.8, 4) is 23.2 Å². The summed E-state index contributed by atoms with van der Waals surface area (Å²) in [6.07, 6.45) is 2.17. The molecule has 0 spiro atoms. The average molecular weight is 625 g/mol. The van der Waals surface area contributed by atoms with Crippen LogP contribution in [0.25, 0.3) is 22.3 Å². The van der Waals surface area contributed by atoms with Crippen molar-refractivity contribution in [1.82, 2.24) is 14.5 Å². The fourth-order valence-electron chi connectivity index (χ4n) is 6.19. The number of carboxylic acid groups (broad SMARTS) is 1. The van der Waals surface area contributed by atoms with Crippen molar-refractivity contribution in [2.24, 2.45) is 11.8 Å². The van der Waals surface area contributed by atoms with Crippen molar-refractivity contribution in [2.75, 3.05) is 13.2 Å². The van der Waals surface area contributed by atoms with Crippen molar-refractivity contribution in [3.63, 3.8) is 0 Å². The maximum atomic E-state index is 15.7. The van der Waals surface area contributed by atoms with Crippen LogP contribution in [-0.4, -0.2) is 38.8 Å². The fraction of sp³-hybridized carbons (Fsp3) is 0.257. The minimum Gasteiger partial charge on any atom is -0.478 e. The number of rotatable bonds is 9. The molecule has 2 aliphatic rings. The third-order valence-corrected chi connectivity index (χ3v) is 8.70. The van der Waals surface area contributed by atoms with Gasteiger partial charge < -0.3 is 19.1 Å². The summed E-state index contributed by atoms with van der Waals surface area (Å²) < 4.78 is 59.0. The maximum absolute atomic E-state index is 15.7. The molecular formula is C35H27F3N4O4. The van der Waals surface area contributed by atoms with Gasteiger partial charge in [-0.2, -0.15) is 5.26 Å². The lowest BCUT2D eigenvalue weighted by Crippen LogP contribution is -2.22. The zero-order chi connectivity index (χ0) is 31.9. The summed E-state index contributed by atoms with van der Waals surface area (Å²) in [4.78, 5) is 20.8. The lowest BCUT2D eigenvalue weighted by molar-refractivity contribution is 0.0697. The Morgan fingerprint density at radius 3 is 2.57 bits per heavy atom. The van der Waals surface area contributed by atoms with Gasteiger partial charge in [0.15, 0.2) is 0 Å². The number of hydrogen-bond acceptors (Lipinski definition) is 6. The van der Waals surface area contributed by atoms with Gasteiger partial charge in [0, 0.05) is 29.5 Å². The van der Waals surface area contributed by atoms with Crippen molar-refractivity contribution < 1.29 is 32.5 Å². The Bertz CT molecular complexity index is 2030. The molecule has 8 nitrogen and oxygen atoms in total. The second-order valence-corrected chi connectivity index (χ2v) is 11.7. The Morgan fingerprint density at radius 2 is 1.80 bits per heavy atom. The minimum atomic E-state index is -1.06. The first-order chi connectivity index (χ1) is 22.3. The summed E-state index contributed by atoms with van der Waals surface area (Å²) in [5.74, 6) is -1.71. The second-order valence-electron chi connectivity index (χ2n) is 11.7. The topological polar surface area (TPSA) is 110 Å². The highest BCUT2D eigenvalue weighted by molar-refractivity contribution is 5.92. The van der Waals surface area contributed by atoms with E-state index in [0.717, 1.165) is 31.0 Å². The van der Waals surface area contributed by atoms with Crippen molar-refractivity contribution in [3.05, 3.63) is 112 Å². The average Bonchev–Trinajstić information content (AvgIpc) is 3.67. The van der Waals surface area contributed by atoms with Crippen molar-refractivity contribution >= 4 is 17.0 Å². The van der Waals surface area contributed by atoms with E-state index >= 15 is 8.78 Å². The molecular weight excluding hydrogens is 597 g/mol. The molecule has 2 aromatic heterocycles. The molecule has 46 heavy (non-hydrogen) atoms. The van der Waals surface area contributed by atoms with Gasteiger partial charge in [0.05, 0.1) is 53.2 Å². The number of nitriles is 1. The number of halogens is 3. The van der Waals surface area contributed by atoms with Crippen LogP contribution >= 0.6 is 0 Å². The first-order valence-corrected chi connectivity index (χ1v) is 14.9. The van der Waals surface area contributed by atoms with E-state index in [1.807, 2.05) is 10.6 Å². The van der Waals surface area contributed by atoms with Gasteiger partial charge >= 0.3 is 5.97 Å². The van der Waals surface area contributed by atoms with Crippen LogP contribution in [0.1, 0.15) is 51.8 Å². The molecule has 7 rings (SSSR count). The summed E-state index contributed by atoms with van der Waals surface area (Å²) in [6, 6.07) is 17.3. The van der Waals surface area contributed by atoms with Gasteiger partial charge in [0.25, 0.3) is 0 Å². The Labute approximate surface area is 261 Å². The molecule has 2 atom stereocenters. The fourth-order valence-corrected chi connectivity index (χ4v) is 6.19. The molecule has 232 valence electrons. The Kier molecular flexibility index (Phi) is 7.66. The number of pyridine rings is 1. The number of ether oxygens (including phenoxy) is 2. The standard InChI is InChI=1S/C35H27F3N4O4/c36-26-10-19(15-39)4-5-22(26)16-46-34-3-1-2-29(41-34)24-14-27(37)23(11-28(24)38)13-33-40-30-9-8-21(35(43)44)12-31(30)42(33)32-18-45-17-25(32)20-6-7-20/h1-5,8-12,14,20,25,32H,6-7,13,16-18H2,(H,43,44)/t25-,32-/m0/s1. The van der Waals surface area contributed by atoms with E-state index in [4.69, 9.17) is 19.7 Å². The second kappa shape index (κ2) is 11.9. The predicted molar refractivity (Wildman–Crippen MR) is 161 cm³/mol. The molecule has 1 aliphatic carbocycles. The number of imidazole rings is 1. The number of benzene rings is 3. The van der Waals surface area contributed by atoms with Gasteiger partial charge in [-0.15, -0.1) is 0 Å². The number of aromatic nitrogens is 3. The summed E-state index contributed by atoms with van der Waals surface area (Å²) in [5, 5.41) is 18.6. The molecule has 1 aliphatic heterocycles.